The van der Waals surface area contributed by atoms with Gasteiger partial charge in [0.2, 0.25) is 0 Å². The zero-order valence-corrected chi connectivity index (χ0v) is 14.0. The van der Waals surface area contributed by atoms with Gasteiger partial charge < -0.3 is 10.4 Å². The smallest absolute Gasteiger partial charge is 0.254 e. The van der Waals surface area contributed by atoms with Crippen LogP contribution in [0.25, 0.3) is 11.4 Å². The third kappa shape index (κ3) is 3.67. The second-order valence-electron chi connectivity index (χ2n) is 5.60. The number of aromatic nitrogens is 2. The number of rotatable bonds is 5. The van der Waals surface area contributed by atoms with Gasteiger partial charge in [-0.15, -0.1) is 11.3 Å². The van der Waals surface area contributed by atoms with Gasteiger partial charge in [-0.3, -0.25) is 4.79 Å². The molecule has 0 spiro atoms. The summed E-state index contributed by atoms with van der Waals surface area (Å²) in [7, 11) is 0. The van der Waals surface area contributed by atoms with Gasteiger partial charge in [0.05, 0.1) is 12.1 Å². The van der Waals surface area contributed by atoms with E-state index in [1.165, 1.54) is 23.7 Å². The van der Waals surface area contributed by atoms with Gasteiger partial charge in [0, 0.05) is 22.8 Å². The number of benzene rings is 1. The molecule has 0 saturated carbocycles. The molecule has 2 N–H and O–H groups in total. The molecule has 0 radical (unpaired) electrons. The first-order valence-electron chi connectivity index (χ1n) is 7.48. The first kappa shape index (κ1) is 16.3. The Morgan fingerprint density at radius 1 is 1.17 bits per heavy atom. The molecule has 1 amide bonds. The summed E-state index contributed by atoms with van der Waals surface area (Å²) in [5, 5.41) is 15.0. The van der Waals surface area contributed by atoms with E-state index in [9.17, 15) is 9.90 Å². The number of thiophene rings is 1. The summed E-state index contributed by atoms with van der Waals surface area (Å²) >= 11 is 1.45. The van der Waals surface area contributed by atoms with Crippen molar-refractivity contribution in [1.82, 2.24) is 15.3 Å². The Kier molecular flexibility index (Phi) is 4.69. The topological polar surface area (TPSA) is 75.1 Å². The van der Waals surface area contributed by atoms with Crippen LogP contribution in [0.5, 0.6) is 0 Å². The van der Waals surface area contributed by atoms with Crippen molar-refractivity contribution in [3.8, 4) is 11.4 Å². The highest BCUT2D eigenvalue weighted by Gasteiger charge is 2.25. The summed E-state index contributed by atoms with van der Waals surface area (Å²) in [5.41, 5.74) is 0.149. The third-order valence-corrected chi connectivity index (χ3v) is 4.71. The van der Waals surface area contributed by atoms with E-state index in [1.54, 1.807) is 6.92 Å². The average molecular weight is 339 g/mol. The minimum Gasteiger partial charge on any atom is -0.383 e. The number of hydrogen-bond donors (Lipinski definition) is 2. The lowest BCUT2D eigenvalue weighted by atomic mass is 10.1. The fourth-order valence-corrected chi connectivity index (χ4v) is 3.00. The zero-order valence-electron chi connectivity index (χ0n) is 13.1. The fraction of sp³-hybridized carbons (Fsp3) is 0.167. The van der Waals surface area contributed by atoms with Crippen molar-refractivity contribution in [1.29, 1.82) is 0 Å². The van der Waals surface area contributed by atoms with E-state index in [2.05, 4.69) is 15.3 Å². The number of nitrogens with zero attached hydrogens (tertiary/aromatic N) is 2. The maximum Gasteiger partial charge on any atom is 0.254 e. The zero-order chi connectivity index (χ0) is 17.0. The molecule has 0 aliphatic heterocycles. The molecule has 0 saturated heterocycles. The fourth-order valence-electron chi connectivity index (χ4n) is 2.21. The van der Waals surface area contributed by atoms with Crippen molar-refractivity contribution in [2.75, 3.05) is 6.54 Å². The predicted molar refractivity (Wildman–Crippen MR) is 93.7 cm³/mol. The van der Waals surface area contributed by atoms with Gasteiger partial charge in [0.1, 0.15) is 5.60 Å². The second kappa shape index (κ2) is 6.90. The number of nitrogens with one attached hydrogen (secondary N) is 1. The molecule has 24 heavy (non-hydrogen) atoms. The van der Waals surface area contributed by atoms with Crippen LogP contribution in [0, 0.1) is 0 Å². The minimum absolute atomic E-state index is 0.118. The van der Waals surface area contributed by atoms with Gasteiger partial charge in [0.15, 0.2) is 5.82 Å². The molecule has 0 fully saturated rings. The van der Waals surface area contributed by atoms with E-state index in [-0.39, 0.29) is 12.5 Å². The van der Waals surface area contributed by atoms with E-state index in [0.717, 1.165) is 10.4 Å². The normalized spacial score (nSPS) is 13.2. The molecule has 1 aromatic carbocycles. The number of aliphatic hydroxyl groups is 1. The van der Waals surface area contributed by atoms with Gasteiger partial charge in [0.25, 0.3) is 5.91 Å². The van der Waals surface area contributed by atoms with Crippen molar-refractivity contribution < 1.29 is 9.90 Å². The summed E-state index contributed by atoms with van der Waals surface area (Å²) in [6.07, 6.45) is 2.98. The van der Waals surface area contributed by atoms with Crippen molar-refractivity contribution in [3.05, 3.63) is 70.7 Å². The molecule has 3 aromatic rings. The van der Waals surface area contributed by atoms with Crippen LogP contribution in [0.15, 0.2) is 60.2 Å². The molecule has 2 heterocycles. The van der Waals surface area contributed by atoms with E-state index in [1.807, 2.05) is 47.8 Å². The van der Waals surface area contributed by atoms with Gasteiger partial charge in [-0.2, -0.15) is 0 Å². The molecule has 6 heteroatoms. The van der Waals surface area contributed by atoms with E-state index in [0.29, 0.717) is 11.4 Å². The first-order chi connectivity index (χ1) is 11.6. The van der Waals surface area contributed by atoms with Crippen LogP contribution in [0.2, 0.25) is 0 Å². The highest BCUT2D eigenvalue weighted by Crippen LogP contribution is 2.24. The van der Waals surface area contributed by atoms with Crippen LogP contribution in [0.4, 0.5) is 0 Å². The van der Waals surface area contributed by atoms with Gasteiger partial charge >= 0.3 is 0 Å². The predicted octanol–water partition coefficient (Wildman–Crippen LogP) is 2.84. The van der Waals surface area contributed by atoms with Crippen molar-refractivity contribution in [2.24, 2.45) is 0 Å². The summed E-state index contributed by atoms with van der Waals surface area (Å²) in [5.74, 6) is 0.254. The second-order valence-corrected chi connectivity index (χ2v) is 6.54. The number of amides is 1. The highest BCUT2D eigenvalue weighted by molar-refractivity contribution is 7.10. The van der Waals surface area contributed by atoms with Crippen LogP contribution in [0.1, 0.15) is 22.2 Å². The Morgan fingerprint density at radius 2 is 1.88 bits per heavy atom. The van der Waals surface area contributed by atoms with Crippen LogP contribution in [-0.4, -0.2) is 27.5 Å². The largest absolute Gasteiger partial charge is 0.383 e. The molecule has 0 bridgehead atoms. The lowest BCUT2D eigenvalue weighted by Gasteiger charge is -2.22. The maximum absolute atomic E-state index is 12.2. The highest BCUT2D eigenvalue weighted by atomic mass is 32.1. The molecule has 2 aromatic heterocycles. The molecule has 0 aliphatic carbocycles. The van der Waals surface area contributed by atoms with Gasteiger partial charge in [-0.1, -0.05) is 36.4 Å². The van der Waals surface area contributed by atoms with Crippen LogP contribution in [0.3, 0.4) is 0 Å². The van der Waals surface area contributed by atoms with Crippen molar-refractivity contribution in [3.63, 3.8) is 0 Å². The summed E-state index contributed by atoms with van der Waals surface area (Å²) in [4.78, 5) is 21.5. The lowest BCUT2D eigenvalue weighted by Crippen LogP contribution is -2.38. The molecule has 1 atom stereocenters. The number of hydrogen-bond acceptors (Lipinski definition) is 5. The maximum atomic E-state index is 12.2. The number of carbonyl (C=O) groups is 1. The Hall–Kier alpha value is -2.57. The summed E-state index contributed by atoms with van der Waals surface area (Å²) in [6, 6.07) is 13.3. The average Bonchev–Trinajstić information content (AvgIpc) is 3.16. The van der Waals surface area contributed by atoms with E-state index >= 15 is 0 Å². The molecule has 122 valence electrons. The molecule has 0 aliphatic rings. The molecule has 3 rings (SSSR count). The van der Waals surface area contributed by atoms with Crippen LogP contribution >= 0.6 is 11.3 Å². The molecule has 1 unspecified atom stereocenters. The quantitative estimate of drug-likeness (QED) is 0.749. The lowest BCUT2D eigenvalue weighted by molar-refractivity contribution is 0.0556. The Bertz CT molecular complexity index is 800. The van der Waals surface area contributed by atoms with Crippen molar-refractivity contribution >= 4 is 17.2 Å². The standard InChI is InChI=1S/C18H17N3O2S/c1-18(23,15-8-5-9-24-15)12-21-17(22)14-10-19-16(20-11-14)13-6-3-2-4-7-13/h2-11,23H,12H2,1H3,(H,21,22). The van der Waals surface area contributed by atoms with Crippen molar-refractivity contribution in [2.45, 2.75) is 12.5 Å². The summed E-state index contributed by atoms with van der Waals surface area (Å²) < 4.78 is 0. The number of carbonyl (C=O) groups excluding carboxylic acids is 1. The molecule has 5 nitrogen and oxygen atoms in total. The monoisotopic (exact) mass is 339 g/mol. The van der Waals surface area contributed by atoms with E-state index in [4.69, 9.17) is 0 Å². The minimum atomic E-state index is -1.10. The van der Waals surface area contributed by atoms with Crippen LogP contribution in [-0.2, 0) is 5.60 Å². The Morgan fingerprint density at radius 3 is 2.50 bits per heavy atom. The third-order valence-electron chi connectivity index (χ3n) is 3.59. The summed E-state index contributed by atoms with van der Waals surface area (Å²) in [6.45, 7) is 1.79. The van der Waals surface area contributed by atoms with Gasteiger partial charge in [-0.05, 0) is 18.4 Å². The van der Waals surface area contributed by atoms with Crippen LogP contribution < -0.4 is 5.32 Å². The SMILES string of the molecule is CC(O)(CNC(=O)c1cnc(-c2ccccc2)nc1)c1cccs1. The molecular formula is C18H17N3O2S. The van der Waals surface area contributed by atoms with Gasteiger partial charge in [-0.25, -0.2) is 9.97 Å². The van der Waals surface area contributed by atoms with E-state index < -0.39 is 5.60 Å². The Labute approximate surface area is 144 Å². The molecular weight excluding hydrogens is 322 g/mol. The first-order valence-corrected chi connectivity index (χ1v) is 8.36. The Balaban J connectivity index is 1.65.